The molecule has 0 aliphatic rings. The highest BCUT2D eigenvalue weighted by Crippen LogP contribution is 2.20. The van der Waals surface area contributed by atoms with Gasteiger partial charge in [0.15, 0.2) is 0 Å². The molecule has 2 rings (SSSR count). The van der Waals surface area contributed by atoms with E-state index in [-0.39, 0.29) is 0 Å². The van der Waals surface area contributed by atoms with Crippen molar-refractivity contribution in [2.24, 2.45) is 5.73 Å². The number of nitrogens with zero attached hydrogens (tertiary/aromatic N) is 2. The van der Waals surface area contributed by atoms with Crippen molar-refractivity contribution in [3.63, 3.8) is 0 Å². The van der Waals surface area contributed by atoms with Gasteiger partial charge in [-0.2, -0.15) is 0 Å². The fourth-order valence-electron chi connectivity index (χ4n) is 1.55. The Hall–Kier alpha value is -1.94. The second-order valence-electron chi connectivity index (χ2n) is 3.66. The fraction of sp³-hybridized carbons (Fsp3) is 0.231. The van der Waals surface area contributed by atoms with E-state index in [0.29, 0.717) is 13.0 Å². The van der Waals surface area contributed by atoms with E-state index in [4.69, 9.17) is 10.5 Å². The predicted molar refractivity (Wildman–Crippen MR) is 66.8 cm³/mol. The maximum atomic E-state index is 5.45. The fourth-order valence-corrected chi connectivity index (χ4v) is 1.55. The average Bonchev–Trinajstić information content (AvgIpc) is 2.40. The van der Waals surface area contributed by atoms with Gasteiger partial charge in [0.25, 0.3) is 0 Å². The molecule has 0 atom stereocenters. The van der Waals surface area contributed by atoms with Gasteiger partial charge in [-0.3, -0.25) is 0 Å². The molecule has 0 unspecified atom stereocenters. The molecule has 4 nitrogen and oxygen atoms in total. The standard InChI is InChI=1S/C13H15N3O/c1-17-12-4-2-10(3-5-12)11-8-15-13(6-7-14)16-9-11/h2-5,8-9H,6-7,14H2,1H3. The van der Waals surface area contributed by atoms with Crippen LogP contribution < -0.4 is 10.5 Å². The number of hydrogen-bond donors (Lipinski definition) is 1. The van der Waals surface area contributed by atoms with E-state index in [1.165, 1.54) is 0 Å². The lowest BCUT2D eigenvalue weighted by molar-refractivity contribution is 0.415. The highest BCUT2D eigenvalue weighted by Gasteiger charge is 2.00. The molecule has 0 aliphatic heterocycles. The summed E-state index contributed by atoms with van der Waals surface area (Å²) in [5.74, 6) is 1.62. The van der Waals surface area contributed by atoms with E-state index in [0.717, 1.165) is 22.7 Å². The molecule has 1 aromatic heterocycles. The van der Waals surface area contributed by atoms with Crippen LogP contribution in [0.25, 0.3) is 11.1 Å². The lowest BCUT2D eigenvalue weighted by Gasteiger charge is -2.04. The summed E-state index contributed by atoms with van der Waals surface area (Å²) >= 11 is 0. The van der Waals surface area contributed by atoms with Crippen molar-refractivity contribution >= 4 is 0 Å². The van der Waals surface area contributed by atoms with Gasteiger partial charge < -0.3 is 10.5 Å². The van der Waals surface area contributed by atoms with Gasteiger partial charge >= 0.3 is 0 Å². The zero-order valence-electron chi connectivity index (χ0n) is 9.76. The van der Waals surface area contributed by atoms with E-state index in [2.05, 4.69) is 9.97 Å². The summed E-state index contributed by atoms with van der Waals surface area (Å²) in [5, 5.41) is 0. The summed E-state index contributed by atoms with van der Waals surface area (Å²) in [6, 6.07) is 7.81. The van der Waals surface area contributed by atoms with Crippen LogP contribution in [-0.4, -0.2) is 23.6 Å². The summed E-state index contributed by atoms with van der Waals surface area (Å²) in [6.07, 6.45) is 4.35. The summed E-state index contributed by atoms with van der Waals surface area (Å²) < 4.78 is 5.11. The molecule has 0 aliphatic carbocycles. The van der Waals surface area contributed by atoms with Crippen LogP contribution in [0.1, 0.15) is 5.82 Å². The van der Waals surface area contributed by atoms with Gasteiger partial charge in [0, 0.05) is 24.4 Å². The van der Waals surface area contributed by atoms with Crippen LogP contribution in [0.4, 0.5) is 0 Å². The zero-order chi connectivity index (χ0) is 12.1. The summed E-state index contributed by atoms with van der Waals surface area (Å²) in [6.45, 7) is 0.571. The number of methoxy groups -OCH3 is 1. The molecule has 88 valence electrons. The van der Waals surface area contributed by atoms with Crippen LogP contribution in [0.15, 0.2) is 36.7 Å². The minimum Gasteiger partial charge on any atom is -0.497 e. The van der Waals surface area contributed by atoms with Crippen molar-refractivity contribution in [1.82, 2.24) is 9.97 Å². The molecule has 0 radical (unpaired) electrons. The van der Waals surface area contributed by atoms with Crippen molar-refractivity contribution < 1.29 is 4.74 Å². The number of aromatic nitrogens is 2. The van der Waals surface area contributed by atoms with Gasteiger partial charge in [-0.05, 0) is 24.2 Å². The van der Waals surface area contributed by atoms with E-state index in [1.54, 1.807) is 7.11 Å². The van der Waals surface area contributed by atoms with Crippen LogP contribution in [0.3, 0.4) is 0 Å². The molecule has 1 aromatic carbocycles. The molecule has 0 saturated heterocycles. The summed E-state index contributed by atoms with van der Waals surface area (Å²) in [7, 11) is 1.65. The Morgan fingerprint density at radius 1 is 1.06 bits per heavy atom. The second-order valence-corrected chi connectivity index (χ2v) is 3.66. The lowest BCUT2D eigenvalue weighted by atomic mass is 10.1. The van der Waals surface area contributed by atoms with E-state index in [9.17, 15) is 0 Å². The van der Waals surface area contributed by atoms with Crippen LogP contribution in [0, 0.1) is 0 Å². The first kappa shape index (κ1) is 11.5. The second kappa shape index (κ2) is 5.41. The zero-order valence-corrected chi connectivity index (χ0v) is 9.76. The lowest BCUT2D eigenvalue weighted by Crippen LogP contribution is -2.06. The van der Waals surface area contributed by atoms with Crippen molar-refractivity contribution in [1.29, 1.82) is 0 Å². The third-order valence-corrected chi connectivity index (χ3v) is 2.50. The minimum atomic E-state index is 0.571. The van der Waals surface area contributed by atoms with E-state index in [1.807, 2.05) is 36.7 Å². The predicted octanol–water partition coefficient (Wildman–Crippen LogP) is 1.65. The Kier molecular flexibility index (Phi) is 3.67. The first-order valence-electron chi connectivity index (χ1n) is 5.49. The minimum absolute atomic E-state index is 0.571. The van der Waals surface area contributed by atoms with Crippen molar-refractivity contribution in [3.8, 4) is 16.9 Å². The Morgan fingerprint density at radius 2 is 1.71 bits per heavy atom. The molecule has 0 bridgehead atoms. The Bertz CT molecular complexity index is 465. The SMILES string of the molecule is COc1ccc(-c2cnc(CCN)nc2)cc1. The molecular weight excluding hydrogens is 214 g/mol. The quantitative estimate of drug-likeness (QED) is 0.866. The Morgan fingerprint density at radius 3 is 2.24 bits per heavy atom. The molecule has 0 saturated carbocycles. The summed E-state index contributed by atoms with van der Waals surface area (Å²) in [5.41, 5.74) is 7.52. The van der Waals surface area contributed by atoms with Gasteiger partial charge in [-0.25, -0.2) is 9.97 Å². The van der Waals surface area contributed by atoms with Gasteiger partial charge in [0.2, 0.25) is 0 Å². The van der Waals surface area contributed by atoms with E-state index < -0.39 is 0 Å². The van der Waals surface area contributed by atoms with E-state index >= 15 is 0 Å². The van der Waals surface area contributed by atoms with Gasteiger partial charge in [-0.15, -0.1) is 0 Å². The molecule has 2 aromatic rings. The highest BCUT2D eigenvalue weighted by atomic mass is 16.5. The molecule has 0 amide bonds. The maximum absolute atomic E-state index is 5.45. The van der Waals surface area contributed by atoms with Crippen LogP contribution in [0.5, 0.6) is 5.75 Å². The highest BCUT2D eigenvalue weighted by molar-refractivity contribution is 5.62. The Balaban J connectivity index is 2.20. The third-order valence-electron chi connectivity index (χ3n) is 2.50. The number of ether oxygens (including phenoxy) is 1. The number of nitrogens with two attached hydrogens (primary N) is 1. The number of hydrogen-bond acceptors (Lipinski definition) is 4. The molecule has 4 heteroatoms. The average molecular weight is 229 g/mol. The van der Waals surface area contributed by atoms with Gasteiger partial charge in [-0.1, -0.05) is 12.1 Å². The van der Waals surface area contributed by atoms with Crippen molar-refractivity contribution in [2.45, 2.75) is 6.42 Å². The first-order valence-corrected chi connectivity index (χ1v) is 5.49. The largest absolute Gasteiger partial charge is 0.497 e. The molecule has 0 fully saturated rings. The van der Waals surface area contributed by atoms with Gasteiger partial charge in [0.05, 0.1) is 7.11 Å². The van der Waals surface area contributed by atoms with Crippen LogP contribution >= 0.6 is 0 Å². The smallest absolute Gasteiger partial charge is 0.129 e. The molecule has 0 spiro atoms. The normalized spacial score (nSPS) is 10.2. The summed E-state index contributed by atoms with van der Waals surface area (Å²) in [4.78, 5) is 8.53. The number of benzene rings is 1. The van der Waals surface area contributed by atoms with Crippen LogP contribution in [0.2, 0.25) is 0 Å². The molecule has 2 N–H and O–H groups in total. The van der Waals surface area contributed by atoms with Crippen molar-refractivity contribution in [3.05, 3.63) is 42.5 Å². The molecular formula is C13H15N3O. The monoisotopic (exact) mass is 229 g/mol. The van der Waals surface area contributed by atoms with Crippen molar-refractivity contribution in [2.75, 3.05) is 13.7 Å². The molecule has 1 heterocycles. The topological polar surface area (TPSA) is 61.0 Å². The van der Waals surface area contributed by atoms with Crippen LogP contribution in [-0.2, 0) is 6.42 Å². The Labute approximate surface area is 100 Å². The first-order chi connectivity index (χ1) is 8.33. The van der Waals surface area contributed by atoms with Gasteiger partial charge in [0.1, 0.15) is 11.6 Å². The molecule has 17 heavy (non-hydrogen) atoms. The number of rotatable bonds is 4. The maximum Gasteiger partial charge on any atom is 0.129 e. The third kappa shape index (κ3) is 2.79.